The molecule has 9 aromatic carbocycles. The van der Waals surface area contributed by atoms with Crippen LogP contribution in [0, 0.1) is 13.8 Å². The van der Waals surface area contributed by atoms with Gasteiger partial charge in [0.1, 0.15) is 5.82 Å². The molecule has 13 rings (SSSR count). The summed E-state index contributed by atoms with van der Waals surface area (Å²) in [5.74, 6) is 0.759. The minimum Gasteiger partial charge on any atom is -0.311 e. The van der Waals surface area contributed by atoms with Crippen LogP contribution in [0.25, 0.3) is 22.5 Å². The van der Waals surface area contributed by atoms with E-state index in [0.29, 0.717) is 0 Å². The van der Waals surface area contributed by atoms with Gasteiger partial charge in [0.25, 0.3) is 0 Å². The summed E-state index contributed by atoms with van der Waals surface area (Å²) in [5.41, 5.74) is 16.9. The molecule has 312 valence electrons. The Morgan fingerprint density at radius 2 is 0.697 bits per heavy atom. The molecule has 0 saturated heterocycles. The molecule has 2 spiro atoms. The van der Waals surface area contributed by atoms with E-state index in [1.165, 1.54) is 65.8 Å². The van der Waals surface area contributed by atoms with Crippen molar-refractivity contribution in [2.75, 3.05) is 9.80 Å². The van der Waals surface area contributed by atoms with E-state index in [0.717, 1.165) is 45.3 Å². The molecule has 0 fully saturated rings. The van der Waals surface area contributed by atoms with Gasteiger partial charge in [0.2, 0.25) is 0 Å². The van der Waals surface area contributed by atoms with Gasteiger partial charge in [-0.3, -0.25) is 0 Å². The molecule has 0 aliphatic carbocycles. The normalized spacial score (nSPS) is 14.4. The lowest BCUT2D eigenvalue weighted by Crippen LogP contribution is -2.81. The monoisotopic (exact) mass is 860 g/mol. The molecular formula is C61H44N4Si. The fourth-order valence-corrected chi connectivity index (χ4v) is 17.5. The van der Waals surface area contributed by atoms with Gasteiger partial charge in [-0.1, -0.05) is 182 Å². The Kier molecular flexibility index (Phi) is 8.55. The first kappa shape index (κ1) is 38.3. The summed E-state index contributed by atoms with van der Waals surface area (Å²) in [6.45, 7) is 4.12. The molecule has 1 aromatic heterocycles. The van der Waals surface area contributed by atoms with Gasteiger partial charge in [-0.15, -0.1) is 0 Å². The maximum Gasteiger partial charge on any atom is 0.184 e. The highest BCUT2D eigenvalue weighted by Crippen LogP contribution is 2.59. The third-order valence-electron chi connectivity index (χ3n) is 14.4. The average molecular weight is 861 g/mol. The summed E-state index contributed by atoms with van der Waals surface area (Å²) in [4.78, 5) is 14.9. The second-order valence-electron chi connectivity index (χ2n) is 17.7. The van der Waals surface area contributed by atoms with Crippen molar-refractivity contribution in [3.8, 4) is 22.5 Å². The van der Waals surface area contributed by atoms with Crippen LogP contribution in [0.15, 0.2) is 231 Å². The van der Waals surface area contributed by atoms with Crippen molar-refractivity contribution in [3.63, 3.8) is 0 Å². The van der Waals surface area contributed by atoms with Crippen LogP contribution in [0.5, 0.6) is 0 Å². The van der Waals surface area contributed by atoms with Crippen molar-refractivity contribution in [3.05, 3.63) is 264 Å². The standard InChI is InChI=1S/C61H44N4Si/c1-41-59(43-21-5-3-6-22-43)62-42(2)63-60(41)44-37-39-46(40-38-44)64-51-29-13-9-25-47(51)61(48-26-10-14-30-52(48)64)49-27-11-17-33-55(49)66(56-34-18-12-28-50(56)61)57-35-19-15-31-53(57)65(45-23-7-4-8-24-45)54-32-16-20-36-58(54)66/h3-40H,1-2H3. The Hall–Kier alpha value is -8.12. The zero-order valence-corrected chi connectivity index (χ0v) is 37.7. The van der Waals surface area contributed by atoms with Gasteiger partial charge in [-0.25, -0.2) is 9.97 Å². The number of aromatic nitrogens is 2. The zero-order chi connectivity index (χ0) is 44.0. The molecular weight excluding hydrogens is 817 g/mol. The van der Waals surface area contributed by atoms with Gasteiger partial charge in [-0.05, 0) is 105 Å². The molecule has 4 nitrogen and oxygen atoms in total. The number of hydrogen-bond donors (Lipinski definition) is 0. The van der Waals surface area contributed by atoms with Crippen LogP contribution in [-0.4, -0.2) is 18.0 Å². The van der Waals surface area contributed by atoms with E-state index in [1.54, 1.807) is 0 Å². The summed E-state index contributed by atoms with van der Waals surface area (Å²) in [6.07, 6.45) is 0. The Morgan fingerprint density at radius 3 is 1.21 bits per heavy atom. The third-order valence-corrected chi connectivity index (χ3v) is 19.3. The molecule has 0 unspecified atom stereocenters. The number of hydrogen-bond acceptors (Lipinski definition) is 4. The van der Waals surface area contributed by atoms with Crippen molar-refractivity contribution >= 4 is 62.9 Å². The van der Waals surface area contributed by atoms with Crippen LogP contribution < -0.4 is 30.5 Å². The molecule has 4 heterocycles. The summed E-state index contributed by atoms with van der Waals surface area (Å²) >= 11 is 0. The van der Waals surface area contributed by atoms with Gasteiger partial charge >= 0.3 is 0 Å². The molecule has 0 N–H and O–H groups in total. The van der Waals surface area contributed by atoms with Crippen LogP contribution in [0.3, 0.4) is 0 Å². The fraction of sp³-hybridized carbons (Fsp3) is 0.0492. The number of nitrogens with zero attached hydrogens (tertiary/aromatic N) is 4. The predicted octanol–water partition coefficient (Wildman–Crippen LogP) is 12.1. The average Bonchev–Trinajstić information content (AvgIpc) is 3.38. The second kappa shape index (κ2) is 14.7. The van der Waals surface area contributed by atoms with E-state index >= 15 is 0 Å². The number of fused-ring (bicyclic) bond motifs is 14. The van der Waals surface area contributed by atoms with Crippen LogP contribution in [0.2, 0.25) is 0 Å². The lowest BCUT2D eigenvalue weighted by atomic mass is 9.62. The number of benzene rings is 9. The Balaban J connectivity index is 1.04. The Morgan fingerprint density at radius 1 is 0.333 bits per heavy atom. The summed E-state index contributed by atoms with van der Waals surface area (Å²) in [7, 11) is -3.00. The highest BCUT2D eigenvalue weighted by molar-refractivity contribution is 7.22. The predicted molar refractivity (Wildman–Crippen MR) is 274 cm³/mol. The van der Waals surface area contributed by atoms with Crippen molar-refractivity contribution in [1.29, 1.82) is 0 Å². The van der Waals surface area contributed by atoms with Crippen molar-refractivity contribution < 1.29 is 0 Å². The molecule has 0 radical (unpaired) electrons. The van der Waals surface area contributed by atoms with E-state index in [9.17, 15) is 0 Å². The molecule has 3 aliphatic heterocycles. The first-order valence-electron chi connectivity index (χ1n) is 22.8. The van der Waals surface area contributed by atoms with Gasteiger partial charge < -0.3 is 9.80 Å². The van der Waals surface area contributed by atoms with E-state index in [2.05, 4.69) is 241 Å². The van der Waals surface area contributed by atoms with Crippen LogP contribution in [0.1, 0.15) is 33.6 Å². The number of para-hydroxylation sites is 5. The summed E-state index contributed by atoms with van der Waals surface area (Å²) in [5, 5.41) is 5.69. The minimum absolute atomic E-state index is 0.612. The highest BCUT2D eigenvalue weighted by Gasteiger charge is 2.60. The van der Waals surface area contributed by atoms with Gasteiger partial charge in [0.15, 0.2) is 8.07 Å². The van der Waals surface area contributed by atoms with E-state index < -0.39 is 13.5 Å². The summed E-state index contributed by atoms with van der Waals surface area (Å²) < 4.78 is 0. The van der Waals surface area contributed by atoms with E-state index in [1.807, 2.05) is 13.0 Å². The van der Waals surface area contributed by atoms with E-state index in [4.69, 9.17) is 9.97 Å². The minimum atomic E-state index is -3.00. The molecule has 66 heavy (non-hydrogen) atoms. The topological polar surface area (TPSA) is 32.3 Å². The van der Waals surface area contributed by atoms with Gasteiger partial charge in [0.05, 0.1) is 28.2 Å². The highest BCUT2D eigenvalue weighted by atomic mass is 28.3. The molecule has 0 atom stereocenters. The molecule has 0 bridgehead atoms. The maximum absolute atomic E-state index is 5.00. The Labute approximate surface area is 386 Å². The smallest absolute Gasteiger partial charge is 0.184 e. The lowest BCUT2D eigenvalue weighted by molar-refractivity contribution is 0.736. The molecule has 5 heteroatoms. The third kappa shape index (κ3) is 5.20. The number of anilines is 6. The first-order chi connectivity index (χ1) is 32.6. The number of aryl methyl sites for hydroxylation is 1. The first-order valence-corrected chi connectivity index (χ1v) is 24.8. The van der Waals surface area contributed by atoms with Crippen molar-refractivity contribution in [2.45, 2.75) is 19.3 Å². The fourth-order valence-electron chi connectivity index (χ4n) is 11.9. The second-order valence-corrected chi connectivity index (χ2v) is 21.3. The molecule has 0 saturated carbocycles. The lowest BCUT2D eigenvalue weighted by Gasteiger charge is -2.55. The number of rotatable bonds is 4. The SMILES string of the molecule is Cc1nc(-c2ccccc2)c(C)c(-c2ccc(N3c4ccccc4C4(c5ccccc53)c3ccccc3[Si]3(c5ccccc5N(c5ccccc5)c5ccccc53)c3ccccc34)cc2)n1. The van der Waals surface area contributed by atoms with Gasteiger partial charge in [-0.2, -0.15) is 0 Å². The molecule has 0 amide bonds. The Bertz CT molecular complexity index is 3380. The van der Waals surface area contributed by atoms with Crippen LogP contribution in [-0.2, 0) is 5.41 Å². The van der Waals surface area contributed by atoms with Crippen LogP contribution >= 0.6 is 0 Å². The summed E-state index contributed by atoms with van der Waals surface area (Å²) in [6, 6.07) is 85.9. The maximum atomic E-state index is 5.00. The van der Waals surface area contributed by atoms with Crippen LogP contribution in [0.4, 0.5) is 34.1 Å². The molecule has 10 aromatic rings. The molecule has 3 aliphatic rings. The van der Waals surface area contributed by atoms with Gasteiger partial charge in [0, 0.05) is 39.4 Å². The van der Waals surface area contributed by atoms with Crippen molar-refractivity contribution in [1.82, 2.24) is 9.97 Å². The van der Waals surface area contributed by atoms with Crippen molar-refractivity contribution in [2.24, 2.45) is 0 Å². The quantitative estimate of drug-likeness (QED) is 0.165. The van der Waals surface area contributed by atoms with E-state index in [-0.39, 0.29) is 0 Å². The largest absolute Gasteiger partial charge is 0.311 e. The zero-order valence-electron chi connectivity index (χ0n) is 36.7.